The van der Waals surface area contributed by atoms with Crippen LogP contribution in [0.4, 0.5) is 0 Å². The summed E-state index contributed by atoms with van der Waals surface area (Å²) in [5.74, 6) is -0.460. The van der Waals surface area contributed by atoms with Crippen LogP contribution in [0, 0.1) is 5.92 Å². The minimum atomic E-state index is -0.581. The van der Waals surface area contributed by atoms with E-state index in [9.17, 15) is 19.5 Å². The van der Waals surface area contributed by atoms with Crippen molar-refractivity contribution in [2.45, 2.75) is 37.6 Å². The van der Waals surface area contributed by atoms with Gasteiger partial charge in [-0.25, -0.2) is 0 Å². The number of nitrogens with zero attached hydrogens (tertiary/aromatic N) is 2. The molecule has 3 saturated heterocycles. The number of likely N-dealkylation sites (tertiary alicyclic amines) is 1. The maximum atomic E-state index is 12.7. The molecule has 3 amide bonds. The number of hydrogen-bond acceptors (Lipinski definition) is 6. The summed E-state index contributed by atoms with van der Waals surface area (Å²) >= 11 is 0. The number of imide groups is 1. The largest absolute Gasteiger partial charge is 0.387 e. The molecule has 0 radical (unpaired) electrons. The van der Waals surface area contributed by atoms with Crippen molar-refractivity contribution in [3.05, 3.63) is 34.9 Å². The molecule has 3 N–H and O–H groups in total. The van der Waals surface area contributed by atoms with E-state index in [1.807, 2.05) is 18.2 Å². The summed E-state index contributed by atoms with van der Waals surface area (Å²) < 4.78 is 0. The van der Waals surface area contributed by atoms with Gasteiger partial charge in [0.2, 0.25) is 11.8 Å². The Morgan fingerprint density at radius 1 is 1.18 bits per heavy atom. The predicted molar refractivity (Wildman–Crippen MR) is 99.1 cm³/mol. The summed E-state index contributed by atoms with van der Waals surface area (Å²) in [6.07, 6.45) is 0.635. The Bertz CT molecular complexity index is 860. The lowest BCUT2D eigenvalue weighted by molar-refractivity contribution is -0.149. The normalized spacial score (nSPS) is 27.2. The lowest BCUT2D eigenvalue weighted by Crippen LogP contribution is -2.70. The third-order valence-corrected chi connectivity index (χ3v) is 6.53. The second-order valence-electron chi connectivity index (χ2n) is 8.50. The molecule has 0 spiro atoms. The first kappa shape index (κ1) is 17.8. The fraction of sp³-hybridized carbons (Fsp3) is 0.550. The number of rotatable bonds is 4. The van der Waals surface area contributed by atoms with Crippen LogP contribution in [0.5, 0.6) is 0 Å². The molecule has 8 nitrogen and oxygen atoms in total. The Balaban J connectivity index is 1.25. The minimum Gasteiger partial charge on any atom is -0.387 e. The zero-order valence-corrected chi connectivity index (χ0v) is 15.6. The molecule has 1 atom stereocenters. The van der Waals surface area contributed by atoms with Crippen LogP contribution in [0.15, 0.2) is 18.2 Å². The molecule has 1 aromatic rings. The molecule has 148 valence electrons. The number of aliphatic hydroxyl groups is 1. The number of β-amino-alcohol motifs (C(OH)–C–C–N with tert-alkyl or cyclic N) is 1. The van der Waals surface area contributed by atoms with Crippen LogP contribution in [-0.2, 0) is 22.7 Å². The summed E-state index contributed by atoms with van der Waals surface area (Å²) in [6.45, 7) is 4.27. The molecule has 5 rings (SSSR count). The summed E-state index contributed by atoms with van der Waals surface area (Å²) in [5.41, 5.74) is 2.09. The van der Waals surface area contributed by atoms with Gasteiger partial charge in [-0.1, -0.05) is 12.1 Å². The van der Waals surface area contributed by atoms with Crippen LogP contribution in [0.2, 0.25) is 0 Å². The van der Waals surface area contributed by atoms with Crippen LogP contribution < -0.4 is 10.6 Å². The van der Waals surface area contributed by atoms with Gasteiger partial charge in [-0.15, -0.1) is 0 Å². The third-order valence-electron chi connectivity index (χ3n) is 6.53. The van der Waals surface area contributed by atoms with Gasteiger partial charge in [0.15, 0.2) is 0 Å². The summed E-state index contributed by atoms with van der Waals surface area (Å²) in [5, 5.41) is 16.1. The van der Waals surface area contributed by atoms with Crippen LogP contribution >= 0.6 is 0 Å². The van der Waals surface area contributed by atoms with Gasteiger partial charge in [-0.2, -0.15) is 0 Å². The van der Waals surface area contributed by atoms with Crippen molar-refractivity contribution < 1.29 is 19.5 Å². The van der Waals surface area contributed by atoms with Crippen molar-refractivity contribution in [2.75, 3.05) is 26.2 Å². The number of hydrogen-bond donors (Lipinski definition) is 3. The highest BCUT2D eigenvalue weighted by molar-refractivity contribution is 6.05. The van der Waals surface area contributed by atoms with Gasteiger partial charge < -0.3 is 15.3 Å². The van der Waals surface area contributed by atoms with Gasteiger partial charge in [-0.3, -0.25) is 24.6 Å². The molecule has 0 aromatic heterocycles. The number of benzene rings is 1. The Labute approximate surface area is 162 Å². The molecule has 1 aromatic carbocycles. The second kappa shape index (κ2) is 6.37. The molecule has 3 fully saturated rings. The molecule has 28 heavy (non-hydrogen) atoms. The summed E-state index contributed by atoms with van der Waals surface area (Å²) in [4.78, 5) is 40.0. The Hall–Kier alpha value is -2.29. The Morgan fingerprint density at radius 2 is 1.96 bits per heavy atom. The SMILES string of the molecule is O=C1CCC(N2Cc3cc(CN4CC(O)(C5CNC5)C4)ccc3C2=O)C(=O)N1. The van der Waals surface area contributed by atoms with Gasteiger partial charge >= 0.3 is 0 Å². The fourth-order valence-corrected chi connectivity index (χ4v) is 4.75. The fourth-order valence-electron chi connectivity index (χ4n) is 4.75. The average molecular weight is 384 g/mol. The lowest BCUT2D eigenvalue weighted by Gasteiger charge is -2.53. The van der Waals surface area contributed by atoms with Gasteiger partial charge in [0.05, 0.1) is 5.60 Å². The first-order chi connectivity index (χ1) is 13.4. The number of carbonyl (C=O) groups excluding carboxylic acids is 3. The molecular formula is C20H24N4O4. The van der Waals surface area contributed by atoms with E-state index in [2.05, 4.69) is 15.5 Å². The van der Waals surface area contributed by atoms with E-state index in [-0.39, 0.29) is 24.1 Å². The molecule has 1 unspecified atom stereocenters. The second-order valence-corrected chi connectivity index (χ2v) is 8.50. The third kappa shape index (κ3) is 2.83. The number of fused-ring (bicyclic) bond motifs is 1. The van der Waals surface area contributed by atoms with Crippen LogP contribution in [-0.4, -0.2) is 70.4 Å². The first-order valence-electron chi connectivity index (χ1n) is 9.85. The zero-order chi connectivity index (χ0) is 19.5. The predicted octanol–water partition coefficient (Wildman–Crippen LogP) is -0.786. The van der Waals surface area contributed by atoms with Crippen LogP contribution in [0.3, 0.4) is 0 Å². The molecule has 0 aliphatic carbocycles. The molecular weight excluding hydrogens is 360 g/mol. The number of carbonyl (C=O) groups is 3. The maximum absolute atomic E-state index is 12.7. The van der Waals surface area contributed by atoms with Gasteiger partial charge in [-0.05, 0) is 23.6 Å². The summed E-state index contributed by atoms with van der Waals surface area (Å²) in [7, 11) is 0. The quantitative estimate of drug-likeness (QED) is 0.589. The number of piperidine rings is 1. The Morgan fingerprint density at radius 3 is 2.64 bits per heavy atom. The lowest BCUT2D eigenvalue weighted by atomic mass is 9.77. The van der Waals surface area contributed by atoms with Crippen molar-refractivity contribution >= 4 is 17.7 Å². The van der Waals surface area contributed by atoms with E-state index in [1.54, 1.807) is 4.90 Å². The van der Waals surface area contributed by atoms with Gasteiger partial charge in [0, 0.05) is 57.2 Å². The van der Waals surface area contributed by atoms with E-state index >= 15 is 0 Å². The van der Waals surface area contributed by atoms with Crippen molar-refractivity contribution in [2.24, 2.45) is 5.92 Å². The van der Waals surface area contributed by atoms with Gasteiger partial charge in [0.1, 0.15) is 6.04 Å². The van der Waals surface area contributed by atoms with Gasteiger partial charge in [0.25, 0.3) is 5.91 Å². The molecule has 0 bridgehead atoms. The van der Waals surface area contributed by atoms with Crippen LogP contribution in [0.1, 0.15) is 34.3 Å². The number of nitrogens with one attached hydrogen (secondary N) is 2. The van der Waals surface area contributed by atoms with E-state index < -0.39 is 11.6 Å². The van der Waals surface area contributed by atoms with E-state index in [1.165, 1.54) is 0 Å². The highest BCUT2D eigenvalue weighted by atomic mass is 16.3. The zero-order valence-electron chi connectivity index (χ0n) is 15.6. The average Bonchev–Trinajstić information content (AvgIpc) is 2.88. The van der Waals surface area contributed by atoms with Crippen molar-refractivity contribution in [3.8, 4) is 0 Å². The highest BCUT2D eigenvalue weighted by Gasteiger charge is 2.49. The maximum Gasteiger partial charge on any atom is 0.255 e. The molecule has 8 heteroatoms. The molecule has 4 heterocycles. The van der Waals surface area contributed by atoms with Crippen LogP contribution in [0.25, 0.3) is 0 Å². The van der Waals surface area contributed by atoms with Crippen molar-refractivity contribution in [1.82, 2.24) is 20.4 Å². The number of amides is 3. The molecule has 4 aliphatic rings. The minimum absolute atomic E-state index is 0.146. The Kier molecular flexibility index (Phi) is 4.04. The smallest absolute Gasteiger partial charge is 0.255 e. The van der Waals surface area contributed by atoms with Crippen molar-refractivity contribution in [3.63, 3.8) is 0 Å². The monoisotopic (exact) mass is 384 g/mol. The molecule has 4 aliphatic heterocycles. The van der Waals surface area contributed by atoms with E-state index in [0.717, 1.165) is 30.8 Å². The van der Waals surface area contributed by atoms with Crippen molar-refractivity contribution in [1.29, 1.82) is 0 Å². The molecule has 0 saturated carbocycles. The van der Waals surface area contributed by atoms with E-state index in [0.29, 0.717) is 37.5 Å². The topological polar surface area (TPSA) is 102 Å². The standard InChI is InChI=1S/C20H24N4O4/c25-17-4-3-16(18(26)22-17)24-9-13-5-12(1-2-15(13)19(24)27)8-23-10-20(28,11-23)14-6-21-7-14/h1-2,5,14,16,21,28H,3-4,6-11H2,(H,22,25,26). The highest BCUT2D eigenvalue weighted by Crippen LogP contribution is 2.33. The van der Waals surface area contributed by atoms with E-state index in [4.69, 9.17) is 0 Å². The summed E-state index contributed by atoms with van der Waals surface area (Å²) in [6, 6.07) is 5.23. The first-order valence-corrected chi connectivity index (χ1v) is 9.85.